The van der Waals surface area contributed by atoms with Crippen LogP contribution in [0.25, 0.3) is 11.3 Å². The van der Waals surface area contributed by atoms with Crippen LogP contribution in [0.1, 0.15) is 11.1 Å². The van der Waals surface area contributed by atoms with Crippen LogP contribution in [0, 0.1) is 10.1 Å². The number of thiazole rings is 1. The van der Waals surface area contributed by atoms with Gasteiger partial charge < -0.3 is 0 Å². The molecule has 0 aliphatic heterocycles. The van der Waals surface area contributed by atoms with Crippen LogP contribution in [-0.2, 0) is 6.18 Å². The zero-order chi connectivity index (χ0) is 19.4. The summed E-state index contributed by atoms with van der Waals surface area (Å²) in [6, 6.07) is 10.7. The first-order valence-electron chi connectivity index (χ1n) is 7.49. The number of hydrazone groups is 1. The summed E-state index contributed by atoms with van der Waals surface area (Å²) < 4.78 is 37.5. The van der Waals surface area contributed by atoms with E-state index in [1.807, 2.05) is 0 Å². The summed E-state index contributed by atoms with van der Waals surface area (Å²) in [5, 5.41) is 16.9. The molecule has 10 heteroatoms. The summed E-state index contributed by atoms with van der Waals surface area (Å²) >= 11 is 1.25. The molecule has 6 nitrogen and oxygen atoms in total. The number of alkyl halides is 3. The lowest BCUT2D eigenvalue weighted by molar-refractivity contribution is -0.384. The van der Waals surface area contributed by atoms with E-state index in [-0.39, 0.29) is 5.69 Å². The lowest BCUT2D eigenvalue weighted by atomic mass is 10.1. The average Bonchev–Trinajstić information content (AvgIpc) is 3.10. The summed E-state index contributed by atoms with van der Waals surface area (Å²) in [6.45, 7) is 0. The molecule has 138 valence electrons. The first kappa shape index (κ1) is 18.5. The number of rotatable bonds is 5. The topological polar surface area (TPSA) is 80.4 Å². The highest BCUT2D eigenvalue weighted by Crippen LogP contribution is 2.29. The van der Waals surface area contributed by atoms with Gasteiger partial charge in [0, 0.05) is 23.1 Å². The van der Waals surface area contributed by atoms with E-state index in [2.05, 4.69) is 15.5 Å². The molecule has 0 aliphatic carbocycles. The summed E-state index contributed by atoms with van der Waals surface area (Å²) in [5.74, 6) is 0. The molecule has 0 aliphatic rings. The van der Waals surface area contributed by atoms with E-state index in [0.717, 1.165) is 12.1 Å². The van der Waals surface area contributed by atoms with Crippen molar-refractivity contribution >= 4 is 28.4 Å². The van der Waals surface area contributed by atoms with Gasteiger partial charge in [0.1, 0.15) is 0 Å². The highest BCUT2D eigenvalue weighted by molar-refractivity contribution is 7.14. The van der Waals surface area contributed by atoms with Crippen molar-refractivity contribution in [3.05, 3.63) is 75.2 Å². The second-order valence-electron chi connectivity index (χ2n) is 5.34. The third-order valence-corrected chi connectivity index (χ3v) is 4.22. The smallest absolute Gasteiger partial charge is 0.258 e. The Morgan fingerprint density at radius 2 is 1.93 bits per heavy atom. The molecule has 1 N–H and O–H groups in total. The van der Waals surface area contributed by atoms with Gasteiger partial charge >= 0.3 is 6.18 Å². The van der Waals surface area contributed by atoms with Gasteiger partial charge in [-0.2, -0.15) is 18.3 Å². The Morgan fingerprint density at radius 1 is 1.19 bits per heavy atom. The van der Waals surface area contributed by atoms with E-state index >= 15 is 0 Å². The van der Waals surface area contributed by atoms with E-state index in [0.29, 0.717) is 22.0 Å². The third-order valence-electron chi connectivity index (χ3n) is 3.47. The standard InChI is InChI=1S/C17H11F3N4O2S/c18-17(19,20)13-6-4-11(5-7-13)9-21-23-16-22-15(10-27-16)12-2-1-3-14(8-12)24(25)26/h1-10H,(H,22,23). The molecule has 1 aromatic heterocycles. The Morgan fingerprint density at radius 3 is 2.59 bits per heavy atom. The van der Waals surface area contributed by atoms with Crippen LogP contribution in [0.4, 0.5) is 24.0 Å². The molecule has 3 rings (SSSR count). The van der Waals surface area contributed by atoms with Gasteiger partial charge in [-0.3, -0.25) is 15.5 Å². The van der Waals surface area contributed by atoms with Crippen LogP contribution >= 0.6 is 11.3 Å². The van der Waals surface area contributed by atoms with Gasteiger partial charge in [0.05, 0.1) is 22.4 Å². The van der Waals surface area contributed by atoms with E-state index in [1.165, 1.54) is 41.8 Å². The third kappa shape index (κ3) is 4.67. The normalized spacial score (nSPS) is 11.7. The summed E-state index contributed by atoms with van der Waals surface area (Å²) in [5.41, 5.74) is 3.57. The Labute approximate surface area is 155 Å². The first-order chi connectivity index (χ1) is 12.8. The number of nitro benzene ring substituents is 1. The average molecular weight is 392 g/mol. The summed E-state index contributed by atoms with van der Waals surface area (Å²) in [6.07, 6.45) is -3.01. The van der Waals surface area contributed by atoms with Crippen LogP contribution in [-0.4, -0.2) is 16.1 Å². The van der Waals surface area contributed by atoms with Crippen LogP contribution in [0.2, 0.25) is 0 Å². The molecule has 1 heterocycles. The fraction of sp³-hybridized carbons (Fsp3) is 0.0588. The predicted octanol–water partition coefficient (Wildman–Crippen LogP) is 5.18. The second-order valence-corrected chi connectivity index (χ2v) is 6.19. The maximum absolute atomic E-state index is 12.5. The molecule has 0 fully saturated rings. The minimum absolute atomic E-state index is 0.0321. The Bertz CT molecular complexity index is 984. The van der Waals surface area contributed by atoms with Crippen molar-refractivity contribution in [1.29, 1.82) is 0 Å². The van der Waals surface area contributed by atoms with Crippen LogP contribution in [0.5, 0.6) is 0 Å². The highest BCUT2D eigenvalue weighted by atomic mass is 32.1. The Balaban J connectivity index is 1.67. The fourth-order valence-corrected chi connectivity index (χ4v) is 2.83. The molecule has 27 heavy (non-hydrogen) atoms. The number of nitrogens with one attached hydrogen (secondary N) is 1. The zero-order valence-electron chi connectivity index (χ0n) is 13.5. The first-order valence-corrected chi connectivity index (χ1v) is 8.37. The van der Waals surface area contributed by atoms with Crippen LogP contribution < -0.4 is 5.43 Å². The van der Waals surface area contributed by atoms with Crippen LogP contribution in [0.15, 0.2) is 59.0 Å². The Kier molecular flexibility index (Phi) is 5.17. The number of hydrogen-bond donors (Lipinski definition) is 1. The van der Waals surface area contributed by atoms with Crippen LogP contribution in [0.3, 0.4) is 0 Å². The van der Waals surface area contributed by atoms with Gasteiger partial charge in [0.25, 0.3) is 5.69 Å². The molecule has 0 amide bonds. The summed E-state index contributed by atoms with van der Waals surface area (Å²) in [4.78, 5) is 14.6. The number of aromatic nitrogens is 1. The predicted molar refractivity (Wildman–Crippen MR) is 96.9 cm³/mol. The van der Waals surface area contributed by atoms with Gasteiger partial charge in [-0.15, -0.1) is 11.3 Å². The molecule has 0 unspecified atom stereocenters. The molecule has 0 radical (unpaired) electrons. The van der Waals surface area contributed by atoms with E-state index in [1.54, 1.807) is 17.5 Å². The molecule has 0 saturated carbocycles. The van der Waals surface area contributed by atoms with E-state index < -0.39 is 16.7 Å². The van der Waals surface area contributed by atoms with Gasteiger partial charge in [0.15, 0.2) is 0 Å². The lowest BCUT2D eigenvalue weighted by Crippen LogP contribution is -2.04. The van der Waals surface area contributed by atoms with Crippen molar-refractivity contribution in [1.82, 2.24) is 4.98 Å². The second kappa shape index (κ2) is 7.54. The lowest BCUT2D eigenvalue weighted by Gasteiger charge is -2.05. The number of halogens is 3. The molecule has 0 atom stereocenters. The maximum Gasteiger partial charge on any atom is 0.416 e. The highest BCUT2D eigenvalue weighted by Gasteiger charge is 2.29. The maximum atomic E-state index is 12.5. The van der Waals surface area contributed by atoms with Crippen molar-refractivity contribution in [2.45, 2.75) is 6.18 Å². The van der Waals surface area contributed by atoms with Crippen molar-refractivity contribution in [2.75, 3.05) is 5.43 Å². The molecular weight excluding hydrogens is 381 g/mol. The minimum atomic E-state index is -4.38. The number of non-ortho nitro benzene ring substituents is 1. The number of benzene rings is 2. The van der Waals surface area contributed by atoms with Crippen molar-refractivity contribution in [2.24, 2.45) is 5.10 Å². The zero-order valence-corrected chi connectivity index (χ0v) is 14.3. The van der Waals surface area contributed by atoms with Gasteiger partial charge in [0.2, 0.25) is 5.13 Å². The molecule has 2 aromatic carbocycles. The largest absolute Gasteiger partial charge is 0.416 e. The van der Waals surface area contributed by atoms with Gasteiger partial charge in [-0.05, 0) is 17.7 Å². The van der Waals surface area contributed by atoms with Crippen molar-refractivity contribution in [3.63, 3.8) is 0 Å². The molecule has 3 aromatic rings. The Hall–Kier alpha value is -3.27. The summed E-state index contributed by atoms with van der Waals surface area (Å²) in [7, 11) is 0. The SMILES string of the molecule is O=[N+]([O-])c1cccc(-c2csc(NN=Cc3ccc(C(F)(F)F)cc3)n2)c1. The van der Waals surface area contributed by atoms with Crippen molar-refractivity contribution in [3.8, 4) is 11.3 Å². The number of nitro groups is 1. The van der Waals surface area contributed by atoms with Gasteiger partial charge in [-0.25, -0.2) is 4.98 Å². The van der Waals surface area contributed by atoms with E-state index in [4.69, 9.17) is 0 Å². The van der Waals surface area contributed by atoms with Crippen molar-refractivity contribution < 1.29 is 18.1 Å². The molecular formula is C17H11F3N4O2S. The van der Waals surface area contributed by atoms with Gasteiger partial charge in [-0.1, -0.05) is 24.3 Å². The molecule has 0 spiro atoms. The number of hydrogen-bond acceptors (Lipinski definition) is 6. The number of nitrogens with zero attached hydrogens (tertiary/aromatic N) is 3. The fourth-order valence-electron chi connectivity index (χ4n) is 2.16. The monoisotopic (exact) mass is 392 g/mol. The quantitative estimate of drug-likeness (QED) is 0.368. The molecule has 0 saturated heterocycles. The van der Waals surface area contributed by atoms with E-state index in [9.17, 15) is 23.3 Å². The number of anilines is 1. The molecule has 0 bridgehead atoms. The minimum Gasteiger partial charge on any atom is -0.258 e.